The van der Waals surface area contributed by atoms with Crippen molar-refractivity contribution in [2.75, 3.05) is 11.9 Å². The summed E-state index contributed by atoms with van der Waals surface area (Å²) in [5, 5.41) is 2.99. The van der Waals surface area contributed by atoms with E-state index >= 15 is 0 Å². The zero-order valence-corrected chi connectivity index (χ0v) is 17.2. The third-order valence-electron chi connectivity index (χ3n) is 5.73. The van der Waals surface area contributed by atoms with E-state index in [2.05, 4.69) is 12.2 Å². The summed E-state index contributed by atoms with van der Waals surface area (Å²) >= 11 is 0. The lowest BCUT2D eigenvalue weighted by atomic mass is 9.99. The normalized spacial score (nSPS) is 16.2. The molecule has 0 bridgehead atoms. The molecule has 3 aromatic carbocycles. The number of hydrogen-bond acceptors (Lipinski definition) is 2. The van der Waals surface area contributed by atoms with Gasteiger partial charge in [0, 0.05) is 18.2 Å². The molecule has 4 rings (SSSR count). The predicted molar refractivity (Wildman–Crippen MR) is 121 cm³/mol. The molecular formula is C26H26N2O2. The minimum Gasteiger partial charge on any atom is -0.336 e. The second-order valence-electron chi connectivity index (χ2n) is 7.75. The van der Waals surface area contributed by atoms with Gasteiger partial charge in [-0.05, 0) is 55.5 Å². The Morgan fingerprint density at radius 2 is 1.50 bits per heavy atom. The van der Waals surface area contributed by atoms with Crippen LogP contribution in [0.5, 0.6) is 0 Å². The second-order valence-corrected chi connectivity index (χ2v) is 7.75. The summed E-state index contributed by atoms with van der Waals surface area (Å²) in [6.45, 7) is 2.85. The first-order chi connectivity index (χ1) is 14.6. The van der Waals surface area contributed by atoms with Crippen LogP contribution in [0.3, 0.4) is 0 Å². The lowest BCUT2D eigenvalue weighted by Gasteiger charge is -2.34. The zero-order valence-electron chi connectivity index (χ0n) is 17.2. The SMILES string of the molecule is C[C@@H]1CCCCN1C(=O)c1ccccc1NC(=O)c1ccccc1-c1ccccc1. The first-order valence-electron chi connectivity index (χ1n) is 10.5. The van der Waals surface area contributed by atoms with E-state index in [0.717, 1.165) is 36.9 Å². The van der Waals surface area contributed by atoms with Crippen molar-refractivity contribution in [1.29, 1.82) is 0 Å². The van der Waals surface area contributed by atoms with Gasteiger partial charge in [0.25, 0.3) is 11.8 Å². The first kappa shape index (κ1) is 19.9. The lowest BCUT2D eigenvalue weighted by Crippen LogP contribution is -2.42. The third kappa shape index (κ3) is 4.13. The monoisotopic (exact) mass is 398 g/mol. The number of nitrogens with one attached hydrogen (secondary N) is 1. The Labute approximate surface area is 177 Å². The van der Waals surface area contributed by atoms with Gasteiger partial charge in [-0.25, -0.2) is 0 Å². The van der Waals surface area contributed by atoms with Crippen molar-refractivity contribution >= 4 is 17.5 Å². The van der Waals surface area contributed by atoms with E-state index in [1.165, 1.54) is 0 Å². The van der Waals surface area contributed by atoms with Crippen molar-refractivity contribution in [3.05, 3.63) is 90.0 Å². The molecule has 1 heterocycles. The van der Waals surface area contributed by atoms with E-state index in [1.54, 1.807) is 12.1 Å². The maximum absolute atomic E-state index is 13.2. The fourth-order valence-corrected chi connectivity index (χ4v) is 4.07. The van der Waals surface area contributed by atoms with Crippen molar-refractivity contribution in [2.24, 2.45) is 0 Å². The van der Waals surface area contributed by atoms with Crippen LogP contribution in [0, 0.1) is 0 Å². The molecule has 0 radical (unpaired) electrons. The van der Waals surface area contributed by atoms with Gasteiger partial charge < -0.3 is 10.2 Å². The fourth-order valence-electron chi connectivity index (χ4n) is 4.07. The summed E-state index contributed by atoms with van der Waals surface area (Å²) in [4.78, 5) is 28.3. The molecule has 0 aromatic heterocycles. The van der Waals surface area contributed by atoms with E-state index < -0.39 is 0 Å². The Balaban J connectivity index is 1.62. The highest BCUT2D eigenvalue weighted by Gasteiger charge is 2.26. The van der Waals surface area contributed by atoms with Gasteiger partial charge in [-0.2, -0.15) is 0 Å². The molecule has 0 unspecified atom stereocenters. The maximum atomic E-state index is 13.2. The summed E-state index contributed by atoms with van der Waals surface area (Å²) in [6.07, 6.45) is 3.19. The Morgan fingerprint density at radius 3 is 2.27 bits per heavy atom. The Kier molecular flexibility index (Phi) is 5.94. The topological polar surface area (TPSA) is 49.4 Å². The third-order valence-corrected chi connectivity index (χ3v) is 5.73. The van der Waals surface area contributed by atoms with Gasteiger partial charge in [0.05, 0.1) is 11.3 Å². The van der Waals surface area contributed by atoms with Gasteiger partial charge in [-0.1, -0.05) is 60.7 Å². The van der Waals surface area contributed by atoms with E-state index in [9.17, 15) is 9.59 Å². The van der Waals surface area contributed by atoms with Crippen molar-refractivity contribution < 1.29 is 9.59 Å². The summed E-state index contributed by atoms with van der Waals surface area (Å²) < 4.78 is 0. The maximum Gasteiger partial charge on any atom is 0.256 e. The summed E-state index contributed by atoms with van der Waals surface area (Å²) in [6, 6.07) is 24.9. The molecule has 152 valence electrons. The molecule has 30 heavy (non-hydrogen) atoms. The molecular weight excluding hydrogens is 372 g/mol. The van der Waals surface area contributed by atoms with Crippen LogP contribution in [-0.4, -0.2) is 29.3 Å². The molecule has 0 aliphatic carbocycles. The van der Waals surface area contributed by atoms with Crippen LogP contribution >= 0.6 is 0 Å². The highest BCUT2D eigenvalue weighted by atomic mass is 16.2. The fraction of sp³-hybridized carbons (Fsp3) is 0.231. The molecule has 0 saturated carbocycles. The van der Waals surface area contributed by atoms with E-state index in [-0.39, 0.29) is 17.9 Å². The molecule has 1 aliphatic heterocycles. The van der Waals surface area contributed by atoms with Crippen molar-refractivity contribution in [2.45, 2.75) is 32.2 Å². The van der Waals surface area contributed by atoms with E-state index in [4.69, 9.17) is 0 Å². The van der Waals surface area contributed by atoms with Crippen LogP contribution in [0.4, 0.5) is 5.69 Å². The molecule has 0 spiro atoms. The number of carbonyl (C=O) groups excluding carboxylic acids is 2. The molecule has 1 atom stereocenters. The van der Waals surface area contributed by atoms with Crippen molar-refractivity contribution in [1.82, 2.24) is 4.90 Å². The number of benzene rings is 3. The number of rotatable bonds is 4. The Morgan fingerprint density at radius 1 is 0.833 bits per heavy atom. The molecule has 3 aromatic rings. The quantitative estimate of drug-likeness (QED) is 0.620. The van der Waals surface area contributed by atoms with Crippen LogP contribution in [0.1, 0.15) is 46.9 Å². The summed E-state index contributed by atoms with van der Waals surface area (Å²) in [5.41, 5.74) is 3.51. The largest absolute Gasteiger partial charge is 0.336 e. The van der Waals surface area contributed by atoms with Gasteiger partial charge in [0.1, 0.15) is 0 Å². The van der Waals surface area contributed by atoms with Gasteiger partial charge >= 0.3 is 0 Å². The average Bonchev–Trinajstić information content (AvgIpc) is 2.80. The average molecular weight is 399 g/mol. The Bertz CT molecular complexity index is 1050. The standard InChI is InChI=1S/C26H26N2O2/c1-19-11-9-10-18-28(19)26(30)23-16-7-8-17-24(23)27-25(29)22-15-6-5-14-21(22)20-12-3-2-4-13-20/h2-8,12-17,19H,9-11,18H2,1H3,(H,27,29)/t19-/m1/s1. The van der Waals surface area contributed by atoms with Crippen LogP contribution in [0.2, 0.25) is 0 Å². The van der Waals surface area contributed by atoms with Crippen molar-refractivity contribution in [3.63, 3.8) is 0 Å². The highest BCUT2D eigenvalue weighted by Crippen LogP contribution is 2.26. The zero-order chi connectivity index (χ0) is 20.9. The van der Waals surface area contributed by atoms with Gasteiger partial charge in [-0.15, -0.1) is 0 Å². The first-order valence-corrected chi connectivity index (χ1v) is 10.5. The van der Waals surface area contributed by atoms with Crippen LogP contribution < -0.4 is 5.32 Å². The van der Waals surface area contributed by atoms with Crippen LogP contribution in [-0.2, 0) is 0 Å². The molecule has 1 aliphatic rings. The molecule has 4 nitrogen and oxygen atoms in total. The van der Waals surface area contributed by atoms with Crippen molar-refractivity contribution in [3.8, 4) is 11.1 Å². The number of piperidine rings is 1. The van der Waals surface area contributed by atoms with Gasteiger partial charge in [0.15, 0.2) is 0 Å². The van der Waals surface area contributed by atoms with Crippen LogP contribution in [0.25, 0.3) is 11.1 Å². The molecule has 1 N–H and O–H groups in total. The number of carbonyl (C=O) groups is 2. The number of amides is 2. The number of hydrogen-bond donors (Lipinski definition) is 1. The van der Waals surface area contributed by atoms with E-state index in [0.29, 0.717) is 16.8 Å². The number of anilines is 1. The van der Waals surface area contributed by atoms with Gasteiger partial charge in [0.2, 0.25) is 0 Å². The number of likely N-dealkylation sites (tertiary alicyclic amines) is 1. The van der Waals surface area contributed by atoms with E-state index in [1.807, 2.05) is 71.6 Å². The second kappa shape index (κ2) is 8.95. The minimum absolute atomic E-state index is 0.0190. The molecule has 1 saturated heterocycles. The summed E-state index contributed by atoms with van der Waals surface area (Å²) in [5.74, 6) is -0.240. The minimum atomic E-state index is -0.221. The van der Waals surface area contributed by atoms with Crippen LogP contribution in [0.15, 0.2) is 78.9 Å². The lowest BCUT2D eigenvalue weighted by molar-refractivity contribution is 0.0636. The smallest absolute Gasteiger partial charge is 0.256 e. The number of para-hydroxylation sites is 1. The predicted octanol–water partition coefficient (Wildman–Crippen LogP) is 5.62. The molecule has 2 amide bonds. The Hall–Kier alpha value is -3.40. The van der Waals surface area contributed by atoms with Gasteiger partial charge in [-0.3, -0.25) is 9.59 Å². The molecule has 1 fully saturated rings. The number of nitrogens with zero attached hydrogens (tertiary/aromatic N) is 1. The highest BCUT2D eigenvalue weighted by molar-refractivity contribution is 6.11. The summed E-state index contributed by atoms with van der Waals surface area (Å²) in [7, 11) is 0. The molecule has 4 heteroatoms.